The Bertz CT molecular complexity index is 529. The predicted molar refractivity (Wildman–Crippen MR) is 86.4 cm³/mol. The molecule has 3 heterocycles. The van der Waals surface area contributed by atoms with Gasteiger partial charge in [-0.2, -0.15) is 0 Å². The summed E-state index contributed by atoms with van der Waals surface area (Å²) in [4.78, 5) is 7.69. The molecule has 0 saturated carbocycles. The van der Waals surface area contributed by atoms with Crippen molar-refractivity contribution in [3.63, 3.8) is 0 Å². The van der Waals surface area contributed by atoms with Crippen molar-refractivity contribution in [2.75, 3.05) is 13.1 Å². The van der Waals surface area contributed by atoms with E-state index in [1.807, 2.05) is 29.9 Å². The first-order valence-corrected chi connectivity index (χ1v) is 8.55. The van der Waals surface area contributed by atoms with Crippen LogP contribution in [-0.4, -0.2) is 34.1 Å². The first-order valence-electron chi connectivity index (χ1n) is 7.67. The second-order valence-corrected chi connectivity index (χ2v) is 6.68. The molecule has 2 aromatic heterocycles. The number of aliphatic hydroxyl groups excluding tert-OH is 1. The fraction of sp³-hybridized carbons (Fsp3) is 0.471. The van der Waals surface area contributed by atoms with Gasteiger partial charge in [-0.3, -0.25) is 9.88 Å². The second kappa shape index (κ2) is 7.16. The number of aliphatic hydroxyl groups is 1. The summed E-state index contributed by atoms with van der Waals surface area (Å²) >= 11 is 1.65. The molecule has 1 aliphatic rings. The van der Waals surface area contributed by atoms with Crippen LogP contribution in [0.1, 0.15) is 35.8 Å². The minimum atomic E-state index is -0.309. The van der Waals surface area contributed by atoms with Crippen LogP contribution < -0.4 is 0 Å². The molecule has 1 N–H and O–H groups in total. The Labute approximate surface area is 130 Å². The number of rotatable bonds is 6. The molecule has 112 valence electrons. The fourth-order valence-corrected chi connectivity index (χ4v) is 3.86. The zero-order valence-corrected chi connectivity index (χ0v) is 13.0. The number of likely N-dealkylation sites (tertiary alicyclic amines) is 1. The van der Waals surface area contributed by atoms with E-state index in [0.29, 0.717) is 6.04 Å². The van der Waals surface area contributed by atoms with Crippen molar-refractivity contribution in [2.24, 2.45) is 0 Å². The lowest BCUT2D eigenvalue weighted by molar-refractivity contribution is 0.124. The van der Waals surface area contributed by atoms with E-state index in [-0.39, 0.29) is 6.10 Å². The topological polar surface area (TPSA) is 36.4 Å². The van der Waals surface area contributed by atoms with Gasteiger partial charge in [-0.1, -0.05) is 6.07 Å². The Morgan fingerprint density at radius 1 is 1.33 bits per heavy atom. The molecule has 0 amide bonds. The highest BCUT2D eigenvalue weighted by molar-refractivity contribution is 7.10. The van der Waals surface area contributed by atoms with Gasteiger partial charge in [0.1, 0.15) is 0 Å². The van der Waals surface area contributed by atoms with Gasteiger partial charge in [0, 0.05) is 29.9 Å². The van der Waals surface area contributed by atoms with Crippen molar-refractivity contribution < 1.29 is 5.11 Å². The molecule has 4 heteroatoms. The molecule has 0 aromatic carbocycles. The van der Waals surface area contributed by atoms with Gasteiger partial charge < -0.3 is 5.11 Å². The molecule has 0 radical (unpaired) electrons. The van der Waals surface area contributed by atoms with E-state index < -0.39 is 0 Å². The van der Waals surface area contributed by atoms with E-state index in [2.05, 4.69) is 22.0 Å². The maximum absolute atomic E-state index is 10.3. The third kappa shape index (κ3) is 3.90. The monoisotopic (exact) mass is 302 g/mol. The summed E-state index contributed by atoms with van der Waals surface area (Å²) in [7, 11) is 0. The lowest BCUT2D eigenvalue weighted by Gasteiger charge is -2.26. The van der Waals surface area contributed by atoms with Gasteiger partial charge >= 0.3 is 0 Å². The van der Waals surface area contributed by atoms with E-state index >= 15 is 0 Å². The quantitative estimate of drug-likeness (QED) is 0.889. The first kappa shape index (κ1) is 14.7. The van der Waals surface area contributed by atoms with Crippen LogP contribution in [0.25, 0.3) is 0 Å². The van der Waals surface area contributed by atoms with Gasteiger partial charge in [-0.05, 0) is 61.4 Å². The van der Waals surface area contributed by atoms with E-state index in [1.165, 1.54) is 18.4 Å². The number of aromatic nitrogens is 1. The summed E-state index contributed by atoms with van der Waals surface area (Å²) < 4.78 is 0. The van der Waals surface area contributed by atoms with E-state index in [0.717, 1.165) is 30.8 Å². The van der Waals surface area contributed by atoms with Crippen LogP contribution in [0.15, 0.2) is 42.0 Å². The SMILES string of the molecule is O[C@@H](C[C@H]1CCCN1CCc1ccncc1)c1cccs1. The smallest absolute Gasteiger partial charge is 0.0896 e. The lowest BCUT2D eigenvalue weighted by atomic mass is 10.1. The van der Waals surface area contributed by atoms with Crippen LogP contribution in [-0.2, 0) is 6.42 Å². The van der Waals surface area contributed by atoms with Crippen molar-refractivity contribution >= 4 is 11.3 Å². The molecular weight excluding hydrogens is 280 g/mol. The number of pyridine rings is 1. The predicted octanol–water partition coefficient (Wildman–Crippen LogP) is 3.27. The number of thiophene rings is 1. The summed E-state index contributed by atoms with van der Waals surface area (Å²) in [6.45, 7) is 2.23. The van der Waals surface area contributed by atoms with Crippen LogP contribution in [0.4, 0.5) is 0 Å². The minimum absolute atomic E-state index is 0.309. The number of hydrogen-bond donors (Lipinski definition) is 1. The molecule has 0 aliphatic carbocycles. The van der Waals surface area contributed by atoms with E-state index in [1.54, 1.807) is 11.3 Å². The van der Waals surface area contributed by atoms with Crippen LogP contribution in [0, 0.1) is 0 Å². The van der Waals surface area contributed by atoms with Gasteiger partial charge in [0.25, 0.3) is 0 Å². The summed E-state index contributed by atoms with van der Waals surface area (Å²) in [6.07, 6.45) is 7.79. The van der Waals surface area contributed by atoms with Gasteiger partial charge in [-0.25, -0.2) is 0 Å². The van der Waals surface area contributed by atoms with E-state index in [4.69, 9.17) is 0 Å². The zero-order valence-electron chi connectivity index (χ0n) is 12.2. The molecule has 1 aliphatic heterocycles. The highest BCUT2D eigenvalue weighted by atomic mass is 32.1. The molecule has 3 rings (SSSR count). The van der Waals surface area contributed by atoms with Crippen molar-refractivity contribution in [3.05, 3.63) is 52.5 Å². The van der Waals surface area contributed by atoms with Crippen LogP contribution in [0.2, 0.25) is 0 Å². The number of hydrogen-bond acceptors (Lipinski definition) is 4. The van der Waals surface area contributed by atoms with Crippen LogP contribution in [0.5, 0.6) is 0 Å². The van der Waals surface area contributed by atoms with Gasteiger partial charge in [-0.15, -0.1) is 11.3 Å². The van der Waals surface area contributed by atoms with Gasteiger partial charge in [0.2, 0.25) is 0 Å². The zero-order chi connectivity index (χ0) is 14.5. The van der Waals surface area contributed by atoms with Crippen molar-refractivity contribution in [1.82, 2.24) is 9.88 Å². The highest BCUT2D eigenvalue weighted by Gasteiger charge is 2.27. The van der Waals surface area contributed by atoms with Gasteiger partial charge in [0.15, 0.2) is 0 Å². The van der Waals surface area contributed by atoms with Crippen LogP contribution >= 0.6 is 11.3 Å². The van der Waals surface area contributed by atoms with Crippen LogP contribution in [0.3, 0.4) is 0 Å². The van der Waals surface area contributed by atoms with Crippen molar-refractivity contribution in [1.29, 1.82) is 0 Å². The minimum Gasteiger partial charge on any atom is -0.388 e. The van der Waals surface area contributed by atoms with Gasteiger partial charge in [0.05, 0.1) is 6.10 Å². The molecule has 21 heavy (non-hydrogen) atoms. The maximum Gasteiger partial charge on any atom is 0.0896 e. The molecule has 1 fully saturated rings. The average Bonchev–Trinajstić information content (AvgIpc) is 3.18. The standard InChI is InChI=1S/C17H22N2OS/c20-16(17-4-2-12-21-17)13-15-3-1-10-19(15)11-7-14-5-8-18-9-6-14/h2,4-6,8-9,12,15-16,20H,1,3,7,10-11,13H2/t15-,16+/m1/s1. The third-order valence-electron chi connectivity index (χ3n) is 4.30. The fourth-order valence-electron chi connectivity index (χ4n) is 3.13. The Kier molecular flexibility index (Phi) is 5.01. The number of nitrogens with zero attached hydrogens (tertiary/aromatic N) is 2. The molecule has 1 saturated heterocycles. The highest BCUT2D eigenvalue weighted by Crippen LogP contribution is 2.29. The molecule has 2 atom stereocenters. The summed E-state index contributed by atoms with van der Waals surface area (Å²) in [5.41, 5.74) is 1.34. The molecule has 2 aromatic rings. The van der Waals surface area contributed by atoms with Crippen molar-refractivity contribution in [2.45, 2.75) is 37.8 Å². The van der Waals surface area contributed by atoms with E-state index in [9.17, 15) is 5.11 Å². The molecule has 0 spiro atoms. The second-order valence-electron chi connectivity index (χ2n) is 5.70. The summed E-state index contributed by atoms with van der Waals surface area (Å²) in [5.74, 6) is 0. The third-order valence-corrected chi connectivity index (χ3v) is 5.28. The lowest BCUT2D eigenvalue weighted by Crippen LogP contribution is -2.32. The Morgan fingerprint density at radius 3 is 2.95 bits per heavy atom. The Balaban J connectivity index is 1.53. The average molecular weight is 302 g/mol. The Hall–Kier alpha value is -1.23. The summed E-state index contributed by atoms with van der Waals surface area (Å²) in [6, 6.07) is 8.74. The molecule has 0 bridgehead atoms. The largest absolute Gasteiger partial charge is 0.388 e. The molecule has 0 unspecified atom stereocenters. The molecular formula is C17H22N2OS. The maximum atomic E-state index is 10.3. The summed E-state index contributed by atoms with van der Waals surface area (Å²) in [5, 5.41) is 12.4. The molecule has 3 nitrogen and oxygen atoms in total. The van der Waals surface area contributed by atoms with Crippen molar-refractivity contribution in [3.8, 4) is 0 Å². The first-order chi connectivity index (χ1) is 10.3. The Morgan fingerprint density at radius 2 is 2.19 bits per heavy atom. The normalized spacial score (nSPS) is 20.7.